The molecule has 0 aromatic rings. The maximum Gasteiger partial charge on any atom is 0.308 e. The fourth-order valence-electron chi connectivity index (χ4n) is 4.80. The van der Waals surface area contributed by atoms with Crippen molar-refractivity contribution < 1.29 is 9.53 Å². The van der Waals surface area contributed by atoms with E-state index in [4.69, 9.17) is 4.74 Å². The topological polar surface area (TPSA) is 26.3 Å². The monoisotopic (exact) mass is 324 g/mol. The number of hydrogen-bond acceptors (Lipinski definition) is 2. The van der Waals surface area contributed by atoms with Gasteiger partial charge in [-0.2, -0.15) is 0 Å². The lowest BCUT2D eigenvalue weighted by Crippen LogP contribution is -2.30. The molecule has 1 aliphatic heterocycles. The van der Waals surface area contributed by atoms with Gasteiger partial charge in [-0.1, -0.05) is 48.5 Å². The van der Waals surface area contributed by atoms with E-state index in [0.29, 0.717) is 17.8 Å². The van der Waals surface area contributed by atoms with Crippen molar-refractivity contribution >= 4 is 5.97 Å². The number of esters is 1. The summed E-state index contributed by atoms with van der Waals surface area (Å²) in [5.74, 6) is 3.34. The molecule has 7 atom stereocenters. The van der Waals surface area contributed by atoms with Crippen LogP contribution in [-0.4, -0.2) is 12.1 Å². The molecule has 2 nitrogen and oxygen atoms in total. The predicted molar refractivity (Wildman–Crippen MR) is 98.2 cm³/mol. The second-order valence-corrected chi connectivity index (χ2v) is 8.86. The first-order valence-corrected chi connectivity index (χ1v) is 9.93. The lowest BCUT2D eigenvalue weighted by molar-refractivity contribution is -0.157. The van der Waals surface area contributed by atoms with Crippen molar-refractivity contribution in [1.82, 2.24) is 0 Å². The van der Waals surface area contributed by atoms with Gasteiger partial charge in [-0.3, -0.25) is 4.79 Å². The Morgan fingerprint density at radius 3 is 1.70 bits per heavy atom. The molecule has 0 N–H and O–H groups in total. The molecule has 23 heavy (non-hydrogen) atoms. The standard InChI is InChI=1S/C21H40O2/c1-8-20-18(6)12-16(4)10-14(2)9-15(3)11-17(5)13-19(7)21(22)23-20/h14-20H,8-13H2,1-7H3. The zero-order valence-electron chi connectivity index (χ0n) is 16.6. The summed E-state index contributed by atoms with van der Waals surface area (Å²) in [5, 5.41) is 0. The van der Waals surface area contributed by atoms with E-state index in [0.717, 1.165) is 31.1 Å². The Labute approximate surface area is 144 Å². The largest absolute Gasteiger partial charge is 0.462 e. The highest BCUT2D eigenvalue weighted by molar-refractivity contribution is 5.72. The maximum atomic E-state index is 12.4. The highest BCUT2D eigenvalue weighted by atomic mass is 16.5. The van der Waals surface area contributed by atoms with Crippen molar-refractivity contribution in [3.05, 3.63) is 0 Å². The fourth-order valence-corrected chi connectivity index (χ4v) is 4.80. The lowest BCUT2D eigenvalue weighted by Gasteiger charge is -2.30. The van der Waals surface area contributed by atoms with Gasteiger partial charge in [0, 0.05) is 0 Å². The molecule has 2 heteroatoms. The molecular weight excluding hydrogens is 284 g/mol. The SMILES string of the molecule is CCC1OC(=O)C(C)CC(C)CC(C)CC(C)CC(C)CC1C. The van der Waals surface area contributed by atoms with Gasteiger partial charge in [0.2, 0.25) is 0 Å². The minimum absolute atomic E-state index is 0.0151. The molecule has 0 saturated carbocycles. The van der Waals surface area contributed by atoms with Crippen LogP contribution in [0, 0.1) is 35.5 Å². The van der Waals surface area contributed by atoms with Crippen molar-refractivity contribution in [3.63, 3.8) is 0 Å². The van der Waals surface area contributed by atoms with E-state index < -0.39 is 0 Å². The summed E-state index contributed by atoms with van der Waals surface area (Å²) in [6.45, 7) is 15.9. The zero-order valence-corrected chi connectivity index (χ0v) is 16.6. The number of hydrogen-bond donors (Lipinski definition) is 0. The molecule has 1 heterocycles. The van der Waals surface area contributed by atoms with Crippen LogP contribution in [-0.2, 0) is 9.53 Å². The second kappa shape index (κ2) is 9.69. The van der Waals surface area contributed by atoms with Crippen LogP contribution in [0.4, 0.5) is 0 Å². The minimum atomic E-state index is 0.0151. The van der Waals surface area contributed by atoms with Crippen LogP contribution in [0.5, 0.6) is 0 Å². The minimum Gasteiger partial charge on any atom is -0.462 e. The van der Waals surface area contributed by atoms with E-state index in [1.165, 1.54) is 19.3 Å². The first-order valence-electron chi connectivity index (χ1n) is 9.93. The fraction of sp³-hybridized carbons (Fsp3) is 0.952. The van der Waals surface area contributed by atoms with E-state index in [1.54, 1.807) is 0 Å². The van der Waals surface area contributed by atoms with Crippen molar-refractivity contribution in [2.24, 2.45) is 35.5 Å². The van der Waals surface area contributed by atoms with E-state index in [9.17, 15) is 4.79 Å². The Bertz CT molecular complexity index is 352. The first-order chi connectivity index (χ1) is 10.7. The first kappa shape index (κ1) is 20.5. The normalized spacial score (nSPS) is 41.9. The quantitative estimate of drug-likeness (QED) is 0.546. The highest BCUT2D eigenvalue weighted by Gasteiger charge is 2.27. The Balaban J connectivity index is 2.83. The number of carbonyl (C=O) groups excluding carboxylic acids is 1. The molecule has 0 spiro atoms. The molecule has 136 valence electrons. The molecule has 1 rings (SSSR count). The molecule has 1 fully saturated rings. The van der Waals surface area contributed by atoms with E-state index >= 15 is 0 Å². The average molecular weight is 325 g/mol. The summed E-state index contributed by atoms with van der Waals surface area (Å²) < 4.78 is 5.88. The van der Waals surface area contributed by atoms with Gasteiger partial charge in [0.1, 0.15) is 6.10 Å². The lowest BCUT2D eigenvalue weighted by atomic mass is 9.81. The van der Waals surface area contributed by atoms with Gasteiger partial charge in [-0.05, 0) is 68.1 Å². The van der Waals surface area contributed by atoms with Gasteiger partial charge < -0.3 is 4.74 Å². The molecular formula is C21H40O2. The molecule has 0 amide bonds. The Kier molecular flexibility index (Phi) is 8.64. The van der Waals surface area contributed by atoms with Crippen LogP contribution in [0.25, 0.3) is 0 Å². The van der Waals surface area contributed by atoms with E-state index in [-0.39, 0.29) is 18.0 Å². The highest BCUT2D eigenvalue weighted by Crippen LogP contribution is 2.31. The van der Waals surface area contributed by atoms with Crippen molar-refractivity contribution in [3.8, 4) is 0 Å². The molecule has 0 aliphatic carbocycles. The second-order valence-electron chi connectivity index (χ2n) is 8.86. The van der Waals surface area contributed by atoms with Crippen LogP contribution in [0.2, 0.25) is 0 Å². The van der Waals surface area contributed by atoms with Gasteiger partial charge >= 0.3 is 5.97 Å². The summed E-state index contributed by atoms with van der Waals surface area (Å²) in [4.78, 5) is 12.4. The molecule has 0 aromatic carbocycles. The van der Waals surface area contributed by atoms with Crippen molar-refractivity contribution in [1.29, 1.82) is 0 Å². The van der Waals surface area contributed by atoms with E-state index in [1.807, 2.05) is 6.92 Å². The molecule has 1 saturated heterocycles. The maximum absolute atomic E-state index is 12.4. The Hall–Kier alpha value is -0.530. The Morgan fingerprint density at radius 2 is 1.22 bits per heavy atom. The number of cyclic esters (lactones) is 1. The van der Waals surface area contributed by atoms with E-state index in [2.05, 4.69) is 41.5 Å². The Morgan fingerprint density at radius 1 is 0.783 bits per heavy atom. The summed E-state index contributed by atoms with van der Waals surface area (Å²) in [7, 11) is 0. The van der Waals surface area contributed by atoms with Crippen LogP contribution < -0.4 is 0 Å². The van der Waals surface area contributed by atoms with Crippen LogP contribution in [0.3, 0.4) is 0 Å². The number of carbonyl (C=O) groups is 1. The van der Waals surface area contributed by atoms with Crippen LogP contribution in [0.1, 0.15) is 87.0 Å². The number of ether oxygens (including phenoxy) is 1. The van der Waals surface area contributed by atoms with Gasteiger partial charge in [0.15, 0.2) is 0 Å². The average Bonchev–Trinajstić information content (AvgIpc) is 2.41. The molecule has 0 bridgehead atoms. The third kappa shape index (κ3) is 7.27. The summed E-state index contributed by atoms with van der Waals surface area (Å²) in [6.07, 6.45) is 6.97. The summed E-state index contributed by atoms with van der Waals surface area (Å²) >= 11 is 0. The van der Waals surface area contributed by atoms with Gasteiger partial charge in [0.05, 0.1) is 5.92 Å². The van der Waals surface area contributed by atoms with Crippen LogP contribution in [0.15, 0.2) is 0 Å². The summed E-state index contributed by atoms with van der Waals surface area (Å²) in [6, 6.07) is 0. The van der Waals surface area contributed by atoms with Crippen molar-refractivity contribution in [2.45, 2.75) is 93.1 Å². The molecule has 0 aromatic heterocycles. The smallest absolute Gasteiger partial charge is 0.308 e. The molecule has 1 aliphatic rings. The van der Waals surface area contributed by atoms with Crippen molar-refractivity contribution in [2.75, 3.05) is 0 Å². The third-order valence-corrected chi connectivity index (χ3v) is 5.65. The summed E-state index contributed by atoms with van der Waals surface area (Å²) in [5.41, 5.74) is 0. The van der Waals surface area contributed by atoms with Gasteiger partial charge in [0.25, 0.3) is 0 Å². The third-order valence-electron chi connectivity index (χ3n) is 5.65. The zero-order chi connectivity index (χ0) is 17.6. The predicted octanol–water partition coefficient (Wildman–Crippen LogP) is 6.09. The number of rotatable bonds is 1. The molecule has 7 unspecified atom stereocenters. The molecule has 0 radical (unpaired) electrons. The van der Waals surface area contributed by atoms with Gasteiger partial charge in [-0.25, -0.2) is 0 Å². The van der Waals surface area contributed by atoms with Gasteiger partial charge in [-0.15, -0.1) is 0 Å². The van der Waals surface area contributed by atoms with Crippen LogP contribution >= 0.6 is 0 Å².